The molecule has 0 aliphatic carbocycles. The van der Waals surface area contributed by atoms with Gasteiger partial charge in [-0.25, -0.2) is 8.78 Å². The Morgan fingerprint density at radius 2 is 1.69 bits per heavy atom. The monoisotopic (exact) mass is 255 g/mol. The fraction of sp³-hybridized carbons (Fsp3) is 0.400. The Hall–Kier alpha value is -0.810. The predicted octanol–water partition coefficient (Wildman–Crippen LogP) is 3.50. The number of rotatable bonds is 4. The minimum atomic E-state index is -4.12. The molecule has 0 radical (unpaired) electrons. The van der Waals surface area contributed by atoms with Gasteiger partial charge in [-0.15, -0.1) is 0 Å². The molecular weight excluding hydrogens is 246 g/mol. The molecule has 0 spiro atoms. The summed E-state index contributed by atoms with van der Waals surface area (Å²) in [5.74, 6) is -4.12. The second-order valence-corrected chi connectivity index (χ2v) is 3.68. The lowest BCUT2D eigenvalue weighted by atomic mass is 10.0. The summed E-state index contributed by atoms with van der Waals surface area (Å²) in [6, 6.07) is 3.61. The van der Waals surface area contributed by atoms with Gasteiger partial charge >= 0.3 is 12.3 Å². The summed E-state index contributed by atoms with van der Waals surface area (Å²) in [7, 11) is 1.20. The van der Waals surface area contributed by atoms with E-state index in [0.717, 1.165) is 0 Å². The highest BCUT2D eigenvalue weighted by Gasteiger charge is 2.48. The summed E-state index contributed by atoms with van der Waals surface area (Å²) in [4.78, 5) is 0. The Labute approximate surface area is 95.4 Å². The number of nitrogens with one attached hydrogen (secondary N) is 1. The highest BCUT2D eigenvalue weighted by atomic mass is 35.5. The Kier molecular flexibility index (Phi) is 4.15. The molecule has 0 bridgehead atoms. The van der Waals surface area contributed by atoms with Gasteiger partial charge in [-0.05, 0) is 24.7 Å². The third-order valence-electron chi connectivity index (χ3n) is 2.17. The largest absolute Gasteiger partial charge is 0.326 e. The molecule has 0 heterocycles. The molecule has 1 nitrogen and oxygen atoms in total. The summed E-state index contributed by atoms with van der Waals surface area (Å²) >= 11 is 5.58. The van der Waals surface area contributed by atoms with Crippen LogP contribution in [0.1, 0.15) is 11.6 Å². The zero-order valence-electron chi connectivity index (χ0n) is 8.35. The van der Waals surface area contributed by atoms with Crippen molar-refractivity contribution in [1.29, 1.82) is 0 Å². The number of halogens is 5. The van der Waals surface area contributed by atoms with E-state index in [2.05, 4.69) is 5.32 Å². The predicted molar refractivity (Wildman–Crippen MR) is 54.2 cm³/mol. The lowest BCUT2D eigenvalue weighted by Gasteiger charge is -2.26. The molecule has 0 saturated heterocycles. The maximum Gasteiger partial charge on any atom is 0.326 e. The van der Waals surface area contributed by atoms with Crippen molar-refractivity contribution >= 4 is 11.6 Å². The molecule has 0 amide bonds. The van der Waals surface area contributed by atoms with Crippen molar-refractivity contribution in [2.45, 2.75) is 18.4 Å². The molecule has 0 fully saturated rings. The van der Waals surface area contributed by atoms with E-state index in [1.165, 1.54) is 31.3 Å². The number of hydrogen-bond donors (Lipinski definition) is 1. The zero-order chi connectivity index (χ0) is 12.3. The van der Waals surface area contributed by atoms with Gasteiger partial charge in [0.25, 0.3) is 0 Å². The van der Waals surface area contributed by atoms with Gasteiger partial charge in [0.1, 0.15) is 6.04 Å². The van der Waals surface area contributed by atoms with Gasteiger partial charge in [0.05, 0.1) is 0 Å². The van der Waals surface area contributed by atoms with Crippen molar-refractivity contribution in [2.24, 2.45) is 0 Å². The molecule has 1 aromatic rings. The topological polar surface area (TPSA) is 12.0 Å². The van der Waals surface area contributed by atoms with E-state index in [1.807, 2.05) is 0 Å². The Bertz CT molecular complexity index is 339. The van der Waals surface area contributed by atoms with Crippen LogP contribution in [0.5, 0.6) is 0 Å². The molecule has 0 aromatic heterocycles. The average Bonchev–Trinajstić information content (AvgIpc) is 2.21. The van der Waals surface area contributed by atoms with E-state index >= 15 is 0 Å². The number of hydrogen-bond acceptors (Lipinski definition) is 1. The summed E-state index contributed by atoms with van der Waals surface area (Å²) in [6.07, 6.45) is -3.72. The first-order valence-corrected chi connectivity index (χ1v) is 4.86. The molecule has 0 saturated carbocycles. The van der Waals surface area contributed by atoms with Gasteiger partial charge in [-0.3, -0.25) is 0 Å². The highest BCUT2D eigenvalue weighted by Crippen LogP contribution is 2.36. The van der Waals surface area contributed by atoms with Gasteiger partial charge < -0.3 is 5.32 Å². The van der Waals surface area contributed by atoms with Gasteiger partial charge in [0.15, 0.2) is 0 Å². The molecule has 1 rings (SSSR count). The van der Waals surface area contributed by atoms with Gasteiger partial charge in [-0.1, -0.05) is 23.7 Å². The van der Waals surface area contributed by atoms with E-state index in [-0.39, 0.29) is 5.56 Å². The molecular formula is C10H10ClF4N. The maximum absolute atomic E-state index is 13.2. The molecule has 1 aromatic carbocycles. The van der Waals surface area contributed by atoms with Crippen LogP contribution in [-0.4, -0.2) is 19.4 Å². The number of benzene rings is 1. The van der Waals surface area contributed by atoms with Crippen LogP contribution in [0.15, 0.2) is 24.3 Å². The molecule has 1 unspecified atom stereocenters. The molecule has 6 heteroatoms. The minimum absolute atomic E-state index is 0.0669. The van der Waals surface area contributed by atoms with Crippen LogP contribution in [0.3, 0.4) is 0 Å². The zero-order valence-corrected chi connectivity index (χ0v) is 9.11. The fourth-order valence-corrected chi connectivity index (χ4v) is 1.49. The fourth-order valence-electron chi connectivity index (χ4n) is 1.36. The van der Waals surface area contributed by atoms with Crippen molar-refractivity contribution < 1.29 is 17.6 Å². The summed E-state index contributed by atoms with van der Waals surface area (Å²) in [6.45, 7) is 0. The molecule has 1 N–H and O–H groups in total. The van der Waals surface area contributed by atoms with Crippen molar-refractivity contribution in [3.8, 4) is 0 Å². The average molecular weight is 256 g/mol. The minimum Gasteiger partial charge on any atom is -0.308 e. The van der Waals surface area contributed by atoms with E-state index in [0.29, 0.717) is 5.02 Å². The summed E-state index contributed by atoms with van der Waals surface area (Å²) < 4.78 is 50.7. The maximum atomic E-state index is 13.2. The van der Waals surface area contributed by atoms with Crippen molar-refractivity contribution in [1.82, 2.24) is 5.32 Å². The normalized spacial score (nSPS) is 14.2. The SMILES string of the molecule is CNC(c1ccc(Cl)cc1)C(F)(F)C(F)F. The van der Waals surface area contributed by atoms with Crippen LogP contribution in [0.25, 0.3) is 0 Å². The molecule has 16 heavy (non-hydrogen) atoms. The van der Waals surface area contributed by atoms with Crippen molar-refractivity contribution in [2.75, 3.05) is 7.05 Å². The second kappa shape index (κ2) is 5.01. The molecule has 1 atom stereocenters. The molecule has 90 valence electrons. The lowest BCUT2D eigenvalue weighted by molar-refractivity contribution is -0.150. The van der Waals surface area contributed by atoms with Gasteiger partial charge in [0, 0.05) is 5.02 Å². The van der Waals surface area contributed by atoms with Crippen LogP contribution in [0.4, 0.5) is 17.6 Å². The van der Waals surface area contributed by atoms with Crippen LogP contribution < -0.4 is 5.32 Å². The third kappa shape index (κ3) is 2.65. The van der Waals surface area contributed by atoms with Crippen LogP contribution in [0.2, 0.25) is 5.02 Å². The Balaban J connectivity index is 3.03. The van der Waals surface area contributed by atoms with E-state index < -0.39 is 18.4 Å². The number of alkyl halides is 4. The van der Waals surface area contributed by atoms with E-state index in [4.69, 9.17) is 11.6 Å². The quantitative estimate of drug-likeness (QED) is 0.812. The summed E-state index contributed by atoms with van der Waals surface area (Å²) in [5.41, 5.74) is 0.0669. The standard InChI is InChI=1S/C10H10ClF4N/c1-16-8(10(14,15)9(12)13)6-2-4-7(11)5-3-6/h2-5,8-9,16H,1H3. The Morgan fingerprint density at radius 3 is 2.06 bits per heavy atom. The Morgan fingerprint density at radius 1 is 1.19 bits per heavy atom. The second-order valence-electron chi connectivity index (χ2n) is 3.25. The first kappa shape index (κ1) is 13.3. The molecule has 0 aliphatic rings. The molecule has 0 aliphatic heterocycles. The van der Waals surface area contributed by atoms with Crippen molar-refractivity contribution in [3.05, 3.63) is 34.9 Å². The van der Waals surface area contributed by atoms with Crippen LogP contribution in [-0.2, 0) is 0 Å². The third-order valence-corrected chi connectivity index (χ3v) is 2.42. The first-order chi connectivity index (χ1) is 7.39. The first-order valence-electron chi connectivity index (χ1n) is 4.48. The van der Waals surface area contributed by atoms with Crippen molar-refractivity contribution in [3.63, 3.8) is 0 Å². The lowest BCUT2D eigenvalue weighted by Crippen LogP contribution is -2.41. The van der Waals surface area contributed by atoms with Gasteiger partial charge in [-0.2, -0.15) is 8.78 Å². The highest BCUT2D eigenvalue weighted by molar-refractivity contribution is 6.30. The smallest absolute Gasteiger partial charge is 0.308 e. The van der Waals surface area contributed by atoms with Crippen LogP contribution >= 0.6 is 11.6 Å². The van der Waals surface area contributed by atoms with E-state index in [1.54, 1.807) is 0 Å². The van der Waals surface area contributed by atoms with Gasteiger partial charge in [0.2, 0.25) is 0 Å². The van der Waals surface area contributed by atoms with Crippen LogP contribution in [0, 0.1) is 0 Å². The summed E-state index contributed by atoms with van der Waals surface area (Å²) in [5, 5.41) is 2.55. The van der Waals surface area contributed by atoms with E-state index in [9.17, 15) is 17.6 Å².